The fraction of sp³-hybridized carbons (Fsp3) is 0.458. The Morgan fingerprint density at radius 1 is 0.871 bits per heavy atom. The number of methoxy groups -OCH3 is 1. The molecule has 0 atom stereocenters. The molecule has 4 rings (SSSR count). The predicted molar refractivity (Wildman–Crippen MR) is 120 cm³/mol. The SMILES string of the molecule is COc1ccc(N2CCN(C(=O)CN3CCN(Cc4ccccc4F)CC3)CC2)cc1. The van der Waals surface area contributed by atoms with E-state index in [1.807, 2.05) is 29.2 Å². The lowest BCUT2D eigenvalue weighted by Gasteiger charge is -2.38. The molecule has 0 N–H and O–H groups in total. The summed E-state index contributed by atoms with van der Waals surface area (Å²) in [7, 11) is 1.67. The number of halogens is 1. The first-order valence-corrected chi connectivity index (χ1v) is 11.0. The number of anilines is 1. The van der Waals surface area contributed by atoms with E-state index in [1.165, 1.54) is 11.8 Å². The molecule has 6 nitrogen and oxygen atoms in total. The van der Waals surface area contributed by atoms with E-state index in [0.717, 1.165) is 63.7 Å². The fourth-order valence-electron chi connectivity index (χ4n) is 4.27. The van der Waals surface area contributed by atoms with E-state index >= 15 is 0 Å². The molecule has 0 spiro atoms. The third-order valence-electron chi connectivity index (χ3n) is 6.25. The maximum Gasteiger partial charge on any atom is 0.236 e. The lowest BCUT2D eigenvalue weighted by molar-refractivity contribution is -0.133. The lowest BCUT2D eigenvalue weighted by Crippen LogP contribution is -2.53. The number of benzene rings is 2. The molecule has 31 heavy (non-hydrogen) atoms. The highest BCUT2D eigenvalue weighted by molar-refractivity contribution is 5.78. The van der Waals surface area contributed by atoms with Gasteiger partial charge in [-0.15, -0.1) is 0 Å². The molecule has 2 fully saturated rings. The van der Waals surface area contributed by atoms with Gasteiger partial charge < -0.3 is 14.5 Å². The minimum atomic E-state index is -0.145. The molecular formula is C24H31FN4O2. The summed E-state index contributed by atoms with van der Waals surface area (Å²) in [6.07, 6.45) is 0. The molecule has 0 aliphatic carbocycles. The van der Waals surface area contributed by atoms with Gasteiger partial charge in [0.1, 0.15) is 11.6 Å². The van der Waals surface area contributed by atoms with Crippen molar-refractivity contribution in [3.8, 4) is 5.75 Å². The van der Waals surface area contributed by atoms with Crippen molar-refractivity contribution in [3.05, 3.63) is 59.9 Å². The monoisotopic (exact) mass is 426 g/mol. The molecule has 2 heterocycles. The van der Waals surface area contributed by atoms with E-state index in [0.29, 0.717) is 13.1 Å². The van der Waals surface area contributed by atoms with Crippen LogP contribution in [0.25, 0.3) is 0 Å². The van der Waals surface area contributed by atoms with Crippen LogP contribution in [0.3, 0.4) is 0 Å². The molecule has 2 aliphatic rings. The largest absolute Gasteiger partial charge is 0.497 e. The predicted octanol–water partition coefficient (Wildman–Crippen LogP) is 2.30. The Morgan fingerprint density at radius 2 is 1.52 bits per heavy atom. The van der Waals surface area contributed by atoms with Crippen LogP contribution in [0.4, 0.5) is 10.1 Å². The van der Waals surface area contributed by atoms with Crippen LogP contribution in [0, 0.1) is 5.82 Å². The zero-order valence-electron chi connectivity index (χ0n) is 18.2. The van der Waals surface area contributed by atoms with Crippen LogP contribution in [0.1, 0.15) is 5.56 Å². The minimum absolute atomic E-state index is 0.145. The van der Waals surface area contributed by atoms with Crippen molar-refractivity contribution in [2.45, 2.75) is 6.54 Å². The van der Waals surface area contributed by atoms with Crippen LogP contribution in [0.2, 0.25) is 0 Å². The first kappa shape index (κ1) is 21.6. The van der Waals surface area contributed by atoms with E-state index in [1.54, 1.807) is 13.2 Å². The molecular weight excluding hydrogens is 395 g/mol. The maximum absolute atomic E-state index is 13.9. The third-order valence-corrected chi connectivity index (χ3v) is 6.25. The number of hydrogen-bond donors (Lipinski definition) is 0. The number of carbonyl (C=O) groups excluding carboxylic acids is 1. The highest BCUT2D eigenvalue weighted by atomic mass is 19.1. The number of rotatable bonds is 6. The summed E-state index contributed by atoms with van der Waals surface area (Å²) in [6, 6.07) is 15.0. The second kappa shape index (κ2) is 10.1. The third kappa shape index (κ3) is 5.54. The lowest BCUT2D eigenvalue weighted by atomic mass is 10.2. The molecule has 0 unspecified atom stereocenters. The Kier molecular flexibility index (Phi) is 7.04. The van der Waals surface area contributed by atoms with Crippen molar-refractivity contribution in [1.82, 2.24) is 14.7 Å². The van der Waals surface area contributed by atoms with E-state index < -0.39 is 0 Å². The van der Waals surface area contributed by atoms with Crippen molar-refractivity contribution >= 4 is 11.6 Å². The smallest absolute Gasteiger partial charge is 0.236 e. The molecule has 2 aliphatic heterocycles. The van der Waals surface area contributed by atoms with Gasteiger partial charge in [-0.1, -0.05) is 18.2 Å². The van der Waals surface area contributed by atoms with E-state index in [-0.39, 0.29) is 11.7 Å². The van der Waals surface area contributed by atoms with Gasteiger partial charge in [-0.25, -0.2) is 4.39 Å². The summed E-state index contributed by atoms with van der Waals surface area (Å²) in [5.74, 6) is 0.914. The molecule has 0 saturated carbocycles. The molecule has 0 bridgehead atoms. The Morgan fingerprint density at radius 3 is 2.16 bits per heavy atom. The van der Waals surface area contributed by atoms with Crippen molar-refractivity contribution < 1.29 is 13.9 Å². The van der Waals surface area contributed by atoms with Gasteiger partial charge in [0, 0.05) is 70.2 Å². The summed E-state index contributed by atoms with van der Waals surface area (Å²) in [5.41, 5.74) is 1.90. The van der Waals surface area contributed by atoms with Gasteiger partial charge in [0.25, 0.3) is 0 Å². The summed E-state index contributed by atoms with van der Waals surface area (Å²) in [5, 5.41) is 0. The van der Waals surface area contributed by atoms with Gasteiger partial charge in [0.15, 0.2) is 0 Å². The van der Waals surface area contributed by atoms with Crippen LogP contribution in [0.5, 0.6) is 5.75 Å². The number of nitrogens with zero attached hydrogens (tertiary/aromatic N) is 4. The van der Waals surface area contributed by atoms with Crippen LogP contribution >= 0.6 is 0 Å². The van der Waals surface area contributed by atoms with E-state index in [2.05, 4.69) is 26.8 Å². The summed E-state index contributed by atoms with van der Waals surface area (Å²) in [4.78, 5) is 21.6. The van der Waals surface area contributed by atoms with Gasteiger partial charge in [0.05, 0.1) is 13.7 Å². The van der Waals surface area contributed by atoms with Gasteiger partial charge in [-0.05, 0) is 30.3 Å². The zero-order chi connectivity index (χ0) is 21.6. The topological polar surface area (TPSA) is 39.3 Å². The van der Waals surface area contributed by atoms with E-state index in [4.69, 9.17) is 4.74 Å². The Labute approximate surface area is 183 Å². The summed E-state index contributed by atoms with van der Waals surface area (Å²) < 4.78 is 19.1. The van der Waals surface area contributed by atoms with Crippen LogP contribution < -0.4 is 9.64 Å². The average molecular weight is 427 g/mol. The van der Waals surface area contributed by atoms with Crippen LogP contribution in [-0.4, -0.2) is 86.6 Å². The normalized spacial score (nSPS) is 18.3. The van der Waals surface area contributed by atoms with Gasteiger partial charge in [-0.2, -0.15) is 0 Å². The Hall–Kier alpha value is -2.64. The van der Waals surface area contributed by atoms with Crippen LogP contribution in [-0.2, 0) is 11.3 Å². The van der Waals surface area contributed by atoms with Crippen molar-refractivity contribution in [2.75, 3.05) is 70.9 Å². The number of ether oxygens (including phenoxy) is 1. The number of hydrogen-bond acceptors (Lipinski definition) is 5. The molecule has 0 radical (unpaired) electrons. The first-order valence-electron chi connectivity index (χ1n) is 11.0. The summed E-state index contributed by atoms with van der Waals surface area (Å²) in [6.45, 7) is 7.66. The molecule has 166 valence electrons. The molecule has 7 heteroatoms. The molecule has 0 aromatic heterocycles. The Balaban J connectivity index is 1.19. The molecule has 1 amide bonds. The highest BCUT2D eigenvalue weighted by Crippen LogP contribution is 2.20. The number of amides is 1. The second-order valence-corrected chi connectivity index (χ2v) is 8.21. The maximum atomic E-state index is 13.9. The first-order chi connectivity index (χ1) is 15.1. The van der Waals surface area contributed by atoms with Gasteiger partial charge in [-0.3, -0.25) is 14.6 Å². The van der Waals surface area contributed by atoms with Crippen molar-refractivity contribution in [2.24, 2.45) is 0 Å². The quantitative estimate of drug-likeness (QED) is 0.709. The fourth-order valence-corrected chi connectivity index (χ4v) is 4.27. The Bertz CT molecular complexity index is 860. The average Bonchev–Trinajstić information content (AvgIpc) is 2.82. The van der Waals surface area contributed by atoms with E-state index in [9.17, 15) is 9.18 Å². The molecule has 2 aromatic rings. The highest BCUT2D eigenvalue weighted by Gasteiger charge is 2.25. The van der Waals surface area contributed by atoms with Gasteiger partial charge in [0.2, 0.25) is 5.91 Å². The van der Waals surface area contributed by atoms with Crippen molar-refractivity contribution in [3.63, 3.8) is 0 Å². The second-order valence-electron chi connectivity index (χ2n) is 8.21. The summed E-state index contributed by atoms with van der Waals surface area (Å²) >= 11 is 0. The molecule has 2 saturated heterocycles. The van der Waals surface area contributed by atoms with Crippen LogP contribution in [0.15, 0.2) is 48.5 Å². The zero-order valence-corrected chi connectivity index (χ0v) is 18.2. The number of carbonyl (C=O) groups is 1. The number of piperazine rings is 2. The standard InChI is InChI=1S/C24H31FN4O2/c1-31-22-8-6-21(7-9-22)28-14-16-29(17-15-28)24(30)19-27-12-10-26(11-13-27)18-20-4-2-3-5-23(20)25/h2-9H,10-19H2,1H3. The van der Waals surface area contributed by atoms with Gasteiger partial charge >= 0.3 is 0 Å². The minimum Gasteiger partial charge on any atom is -0.497 e. The molecule has 2 aromatic carbocycles. The van der Waals surface area contributed by atoms with Crippen molar-refractivity contribution in [1.29, 1.82) is 0 Å².